The van der Waals surface area contributed by atoms with E-state index in [1.807, 2.05) is 18.2 Å². The van der Waals surface area contributed by atoms with E-state index >= 15 is 0 Å². The van der Waals surface area contributed by atoms with Gasteiger partial charge < -0.3 is 10.0 Å². The number of ketones is 1. The van der Waals surface area contributed by atoms with Crippen molar-refractivity contribution in [2.75, 3.05) is 20.1 Å². The van der Waals surface area contributed by atoms with Crippen molar-refractivity contribution in [3.05, 3.63) is 62.3 Å². The van der Waals surface area contributed by atoms with Crippen LogP contribution in [0.1, 0.15) is 48.9 Å². The number of benzene rings is 1. The van der Waals surface area contributed by atoms with Gasteiger partial charge in [-0.2, -0.15) is 0 Å². The minimum atomic E-state index is -0.966. The minimum absolute atomic E-state index is 0.0171. The number of hydrogen-bond acceptors (Lipinski definition) is 4. The topological polar surface area (TPSA) is 57.6 Å². The first kappa shape index (κ1) is 16.2. The predicted molar refractivity (Wildman–Crippen MR) is 98.5 cm³/mol. The van der Waals surface area contributed by atoms with E-state index in [1.165, 1.54) is 5.57 Å². The van der Waals surface area contributed by atoms with Gasteiger partial charge >= 0.3 is 5.97 Å². The zero-order valence-electron chi connectivity index (χ0n) is 14.0. The Hall–Kier alpha value is -2.24. The largest absolute Gasteiger partial charge is 0.477 e. The van der Waals surface area contributed by atoms with Crippen molar-refractivity contribution in [3.63, 3.8) is 0 Å². The summed E-state index contributed by atoms with van der Waals surface area (Å²) in [6, 6.07) is 9.73. The number of rotatable bonds is 1. The number of nitrogens with zero attached hydrogens (tertiary/aromatic N) is 1. The number of piperidine rings is 1. The number of carbonyl (C=O) groups excluding carboxylic acids is 1. The molecule has 2 heterocycles. The lowest BCUT2D eigenvalue weighted by Crippen LogP contribution is -2.27. The Labute approximate surface area is 150 Å². The van der Waals surface area contributed by atoms with Gasteiger partial charge in [0.25, 0.3) is 0 Å². The van der Waals surface area contributed by atoms with Crippen LogP contribution in [0.4, 0.5) is 0 Å². The van der Waals surface area contributed by atoms with Crippen molar-refractivity contribution in [3.8, 4) is 0 Å². The van der Waals surface area contributed by atoms with E-state index in [9.17, 15) is 14.7 Å². The Morgan fingerprint density at radius 1 is 1.16 bits per heavy atom. The van der Waals surface area contributed by atoms with E-state index in [2.05, 4.69) is 18.0 Å². The van der Waals surface area contributed by atoms with Crippen LogP contribution < -0.4 is 0 Å². The molecule has 4 nitrogen and oxygen atoms in total. The molecule has 0 atom stereocenters. The highest BCUT2D eigenvalue weighted by molar-refractivity contribution is 7.16. The number of aromatic carboxylic acids is 1. The van der Waals surface area contributed by atoms with E-state index in [4.69, 9.17) is 0 Å². The third kappa shape index (κ3) is 2.83. The van der Waals surface area contributed by atoms with Gasteiger partial charge in [-0.05, 0) is 42.7 Å². The highest BCUT2D eigenvalue weighted by atomic mass is 32.1. The lowest BCUT2D eigenvalue weighted by Gasteiger charge is -2.27. The summed E-state index contributed by atoms with van der Waals surface area (Å²) in [5.74, 6) is -0.949. The third-order valence-electron chi connectivity index (χ3n) is 5.05. The molecule has 1 N–H and O–H groups in total. The normalized spacial score (nSPS) is 17.9. The van der Waals surface area contributed by atoms with Gasteiger partial charge in [0.2, 0.25) is 0 Å². The molecule has 0 unspecified atom stereocenters. The third-order valence-corrected chi connectivity index (χ3v) is 6.21. The molecule has 128 valence electrons. The summed E-state index contributed by atoms with van der Waals surface area (Å²) in [7, 11) is 2.12. The molecule has 4 rings (SSSR count). The summed E-state index contributed by atoms with van der Waals surface area (Å²) in [5, 5.41) is 9.39. The Morgan fingerprint density at radius 3 is 2.60 bits per heavy atom. The van der Waals surface area contributed by atoms with Crippen LogP contribution in [0.25, 0.3) is 5.57 Å². The number of carboxylic acid groups (broad SMARTS) is 1. The van der Waals surface area contributed by atoms with Gasteiger partial charge in [0.1, 0.15) is 4.88 Å². The van der Waals surface area contributed by atoms with E-state index in [0.29, 0.717) is 11.3 Å². The molecular formula is C20H19NO3S. The fourth-order valence-electron chi connectivity index (χ4n) is 3.73. The van der Waals surface area contributed by atoms with Crippen molar-refractivity contribution in [1.82, 2.24) is 4.90 Å². The van der Waals surface area contributed by atoms with E-state index in [1.54, 1.807) is 6.07 Å². The van der Waals surface area contributed by atoms with Gasteiger partial charge in [0.05, 0.1) is 4.88 Å². The molecule has 2 aromatic rings. The standard InChI is InChI=1S/C20H19NO3S/c1-21-8-6-12(7-9-21)18-14-5-3-2-4-13(14)10-16(22)19-15(18)11-17(25-19)20(23)24/h2-5,11H,6-10H2,1H3,(H,23,24). The highest BCUT2D eigenvalue weighted by Gasteiger charge is 2.29. The molecule has 1 aromatic carbocycles. The van der Waals surface area contributed by atoms with Crippen molar-refractivity contribution >= 4 is 28.7 Å². The number of carbonyl (C=O) groups is 2. The fourth-order valence-corrected chi connectivity index (χ4v) is 4.67. The number of likely N-dealkylation sites (tertiary alicyclic amines) is 1. The SMILES string of the molecule is CN1CCC(=C2c3ccccc3CC(=O)c3sc(C(=O)O)cc32)CC1. The molecule has 0 amide bonds. The van der Waals surface area contributed by atoms with Crippen molar-refractivity contribution < 1.29 is 14.7 Å². The first-order valence-electron chi connectivity index (χ1n) is 8.44. The molecular weight excluding hydrogens is 334 g/mol. The first-order chi connectivity index (χ1) is 12.0. The number of thiophene rings is 1. The van der Waals surface area contributed by atoms with Crippen LogP contribution in [-0.2, 0) is 6.42 Å². The second-order valence-electron chi connectivity index (χ2n) is 6.70. The van der Waals surface area contributed by atoms with Crippen molar-refractivity contribution in [2.45, 2.75) is 19.3 Å². The first-order valence-corrected chi connectivity index (χ1v) is 9.26. The molecule has 1 aliphatic heterocycles. The van der Waals surface area contributed by atoms with Crippen molar-refractivity contribution in [2.24, 2.45) is 0 Å². The van der Waals surface area contributed by atoms with Crippen molar-refractivity contribution in [1.29, 1.82) is 0 Å². The Balaban J connectivity index is 1.98. The lowest BCUT2D eigenvalue weighted by molar-refractivity contribution is 0.0702. The molecule has 0 radical (unpaired) electrons. The van der Waals surface area contributed by atoms with Gasteiger partial charge in [0.15, 0.2) is 5.78 Å². The minimum Gasteiger partial charge on any atom is -0.477 e. The Kier molecular flexibility index (Phi) is 4.06. The summed E-state index contributed by atoms with van der Waals surface area (Å²) in [4.78, 5) is 27.4. The van der Waals surface area contributed by atoms with Gasteiger partial charge in [-0.15, -0.1) is 11.3 Å². The Morgan fingerprint density at radius 2 is 1.88 bits per heavy atom. The maximum absolute atomic E-state index is 12.8. The zero-order chi connectivity index (χ0) is 17.6. The molecule has 25 heavy (non-hydrogen) atoms. The summed E-state index contributed by atoms with van der Waals surface area (Å²) >= 11 is 1.11. The van der Waals surface area contributed by atoms with Gasteiger partial charge in [0, 0.05) is 25.1 Å². The summed E-state index contributed by atoms with van der Waals surface area (Å²) in [5.41, 5.74) is 5.36. The quantitative estimate of drug-likeness (QED) is 0.849. The summed E-state index contributed by atoms with van der Waals surface area (Å²) < 4.78 is 0. The van der Waals surface area contributed by atoms with E-state index in [0.717, 1.165) is 59.5 Å². The second-order valence-corrected chi connectivity index (χ2v) is 7.75. The Bertz CT molecular complexity index is 899. The smallest absolute Gasteiger partial charge is 0.345 e. The second kappa shape index (κ2) is 6.24. The van der Waals surface area contributed by atoms with Crippen LogP contribution >= 0.6 is 11.3 Å². The van der Waals surface area contributed by atoms with Crippen LogP contribution in [0.2, 0.25) is 0 Å². The molecule has 5 heteroatoms. The number of Topliss-reactive ketones (excluding diaryl/α,β-unsaturated/α-hetero) is 1. The van der Waals surface area contributed by atoms with Crippen LogP contribution in [-0.4, -0.2) is 41.9 Å². The average molecular weight is 353 g/mol. The molecule has 1 saturated heterocycles. The maximum atomic E-state index is 12.8. The molecule has 0 spiro atoms. The molecule has 0 saturated carbocycles. The molecule has 2 aliphatic rings. The van der Waals surface area contributed by atoms with E-state index in [-0.39, 0.29) is 10.7 Å². The van der Waals surface area contributed by atoms with Crippen LogP contribution in [0.3, 0.4) is 0 Å². The van der Waals surface area contributed by atoms with Crippen LogP contribution in [0, 0.1) is 0 Å². The van der Waals surface area contributed by atoms with Crippen LogP contribution in [0.15, 0.2) is 35.9 Å². The molecule has 0 bridgehead atoms. The lowest BCUT2D eigenvalue weighted by atomic mass is 9.87. The number of carboxylic acids is 1. The van der Waals surface area contributed by atoms with Gasteiger partial charge in [-0.25, -0.2) is 4.79 Å². The van der Waals surface area contributed by atoms with Gasteiger partial charge in [-0.3, -0.25) is 4.79 Å². The highest BCUT2D eigenvalue weighted by Crippen LogP contribution is 2.41. The molecule has 1 aliphatic carbocycles. The zero-order valence-corrected chi connectivity index (χ0v) is 14.9. The maximum Gasteiger partial charge on any atom is 0.345 e. The summed E-state index contributed by atoms with van der Waals surface area (Å²) in [6.07, 6.45) is 2.23. The average Bonchev–Trinajstić information content (AvgIpc) is 2.99. The van der Waals surface area contributed by atoms with Gasteiger partial charge in [-0.1, -0.05) is 29.8 Å². The molecule has 1 aromatic heterocycles. The monoisotopic (exact) mass is 353 g/mol. The molecule has 1 fully saturated rings. The number of hydrogen-bond donors (Lipinski definition) is 1. The fraction of sp³-hybridized carbons (Fsp3) is 0.300. The number of fused-ring (bicyclic) bond motifs is 2. The van der Waals surface area contributed by atoms with Crippen LogP contribution in [0.5, 0.6) is 0 Å². The van der Waals surface area contributed by atoms with E-state index < -0.39 is 5.97 Å². The summed E-state index contributed by atoms with van der Waals surface area (Å²) in [6.45, 7) is 1.97. The predicted octanol–water partition coefficient (Wildman–Crippen LogP) is 3.71.